The molecule has 0 bridgehead atoms. The highest BCUT2D eigenvalue weighted by molar-refractivity contribution is 4.88. The van der Waals surface area contributed by atoms with E-state index < -0.39 is 0 Å². The first kappa shape index (κ1) is 13.9. The highest BCUT2D eigenvalue weighted by Crippen LogP contribution is 2.24. The van der Waals surface area contributed by atoms with E-state index in [-0.39, 0.29) is 5.60 Å². The summed E-state index contributed by atoms with van der Waals surface area (Å²) < 4.78 is 5.62. The van der Waals surface area contributed by atoms with Crippen molar-refractivity contribution in [2.24, 2.45) is 5.92 Å². The first-order chi connectivity index (χ1) is 6.53. The summed E-state index contributed by atoms with van der Waals surface area (Å²) in [5, 5.41) is 3.38. The van der Waals surface area contributed by atoms with Crippen molar-refractivity contribution in [3.05, 3.63) is 0 Å². The number of rotatable bonds is 7. The molecule has 3 atom stereocenters. The van der Waals surface area contributed by atoms with Crippen molar-refractivity contribution < 1.29 is 4.74 Å². The predicted octanol–water partition coefficient (Wildman–Crippen LogP) is 2.83. The van der Waals surface area contributed by atoms with Gasteiger partial charge in [0.2, 0.25) is 0 Å². The van der Waals surface area contributed by atoms with E-state index in [1.165, 1.54) is 12.8 Å². The zero-order valence-electron chi connectivity index (χ0n) is 10.7. The van der Waals surface area contributed by atoms with E-state index in [0.717, 1.165) is 12.3 Å². The Hall–Kier alpha value is -0.0800. The van der Waals surface area contributed by atoms with Crippen LogP contribution in [0.15, 0.2) is 0 Å². The Balaban J connectivity index is 4.36. The van der Waals surface area contributed by atoms with Crippen molar-refractivity contribution in [1.82, 2.24) is 5.32 Å². The van der Waals surface area contributed by atoms with Crippen LogP contribution in [0.1, 0.15) is 47.0 Å². The molecule has 0 aliphatic rings. The second-order valence-electron chi connectivity index (χ2n) is 4.46. The molecule has 0 amide bonds. The van der Waals surface area contributed by atoms with Gasteiger partial charge in [0.05, 0.1) is 5.60 Å². The van der Waals surface area contributed by atoms with Gasteiger partial charge < -0.3 is 10.1 Å². The maximum atomic E-state index is 5.62. The Kier molecular flexibility index (Phi) is 6.38. The summed E-state index contributed by atoms with van der Waals surface area (Å²) in [7, 11) is 3.84. The average molecular weight is 201 g/mol. The molecule has 0 aliphatic carbocycles. The van der Waals surface area contributed by atoms with E-state index in [1.807, 2.05) is 14.2 Å². The highest BCUT2D eigenvalue weighted by Gasteiger charge is 2.31. The lowest BCUT2D eigenvalue weighted by molar-refractivity contribution is -0.0326. The normalized spacial score (nSPS) is 20.1. The van der Waals surface area contributed by atoms with Gasteiger partial charge in [0.1, 0.15) is 0 Å². The molecular weight excluding hydrogens is 174 g/mol. The van der Waals surface area contributed by atoms with Gasteiger partial charge in [-0.2, -0.15) is 0 Å². The van der Waals surface area contributed by atoms with Gasteiger partial charge in [-0.25, -0.2) is 0 Å². The van der Waals surface area contributed by atoms with Crippen LogP contribution >= 0.6 is 0 Å². The number of nitrogens with one attached hydrogen (secondary N) is 1. The molecule has 0 fully saturated rings. The van der Waals surface area contributed by atoms with Crippen molar-refractivity contribution >= 4 is 0 Å². The topological polar surface area (TPSA) is 21.3 Å². The van der Waals surface area contributed by atoms with Gasteiger partial charge in [0.25, 0.3) is 0 Å². The molecule has 0 aromatic heterocycles. The second kappa shape index (κ2) is 6.41. The summed E-state index contributed by atoms with van der Waals surface area (Å²) in [6.45, 7) is 8.92. The summed E-state index contributed by atoms with van der Waals surface area (Å²) in [5.74, 6) is 0.758. The minimum absolute atomic E-state index is 0.0296. The monoisotopic (exact) mass is 201 g/mol. The summed E-state index contributed by atoms with van der Waals surface area (Å²) in [4.78, 5) is 0. The van der Waals surface area contributed by atoms with E-state index in [2.05, 4.69) is 33.0 Å². The molecule has 2 heteroatoms. The number of hydrogen-bond acceptors (Lipinski definition) is 2. The van der Waals surface area contributed by atoms with Gasteiger partial charge in [0, 0.05) is 13.2 Å². The summed E-state index contributed by atoms with van der Waals surface area (Å²) in [6.07, 6.45) is 3.47. The highest BCUT2D eigenvalue weighted by atomic mass is 16.5. The summed E-state index contributed by atoms with van der Waals surface area (Å²) in [5.41, 5.74) is -0.0296. The third kappa shape index (κ3) is 3.58. The molecule has 0 saturated carbocycles. The van der Waals surface area contributed by atoms with E-state index in [4.69, 9.17) is 4.74 Å². The Morgan fingerprint density at radius 3 is 2.21 bits per heavy atom. The summed E-state index contributed by atoms with van der Waals surface area (Å²) in [6, 6.07) is 0.451. The van der Waals surface area contributed by atoms with Crippen LogP contribution in [-0.4, -0.2) is 25.8 Å². The number of likely N-dealkylation sites (N-methyl/N-ethyl adjacent to an activating group) is 1. The van der Waals surface area contributed by atoms with E-state index in [9.17, 15) is 0 Å². The van der Waals surface area contributed by atoms with Crippen LogP contribution in [-0.2, 0) is 4.74 Å². The van der Waals surface area contributed by atoms with Gasteiger partial charge in [0.15, 0.2) is 0 Å². The minimum atomic E-state index is -0.0296. The molecule has 0 aliphatic heterocycles. The molecule has 0 aromatic carbocycles. The van der Waals surface area contributed by atoms with Gasteiger partial charge >= 0.3 is 0 Å². The Bertz CT molecular complexity index is 143. The SMILES string of the molecule is CCC(C)CC(NC)C(C)(CC)OC. The molecule has 3 unspecified atom stereocenters. The van der Waals surface area contributed by atoms with E-state index in [1.54, 1.807) is 0 Å². The zero-order chi connectivity index (χ0) is 11.2. The van der Waals surface area contributed by atoms with Gasteiger partial charge in [-0.1, -0.05) is 27.2 Å². The largest absolute Gasteiger partial charge is 0.377 e. The minimum Gasteiger partial charge on any atom is -0.377 e. The fourth-order valence-corrected chi connectivity index (χ4v) is 1.77. The van der Waals surface area contributed by atoms with Crippen molar-refractivity contribution in [1.29, 1.82) is 0 Å². The van der Waals surface area contributed by atoms with Crippen LogP contribution in [0.5, 0.6) is 0 Å². The van der Waals surface area contributed by atoms with Crippen molar-refractivity contribution in [2.45, 2.75) is 58.6 Å². The molecule has 14 heavy (non-hydrogen) atoms. The Labute approximate surface area is 89.4 Å². The van der Waals surface area contributed by atoms with Crippen LogP contribution in [0.25, 0.3) is 0 Å². The van der Waals surface area contributed by atoms with Crippen LogP contribution in [0.3, 0.4) is 0 Å². The number of hydrogen-bond donors (Lipinski definition) is 1. The lowest BCUT2D eigenvalue weighted by Crippen LogP contribution is -2.49. The fourth-order valence-electron chi connectivity index (χ4n) is 1.77. The first-order valence-corrected chi connectivity index (χ1v) is 5.76. The molecule has 0 rings (SSSR count). The molecule has 2 nitrogen and oxygen atoms in total. The van der Waals surface area contributed by atoms with Crippen molar-refractivity contribution in [2.75, 3.05) is 14.2 Å². The molecule has 0 spiro atoms. The van der Waals surface area contributed by atoms with Crippen LogP contribution in [0.4, 0.5) is 0 Å². The molecule has 86 valence electrons. The average Bonchev–Trinajstić information content (AvgIpc) is 2.24. The fraction of sp³-hybridized carbons (Fsp3) is 1.00. The zero-order valence-corrected chi connectivity index (χ0v) is 10.7. The maximum Gasteiger partial charge on any atom is 0.0800 e. The molecular formula is C12H27NO. The molecule has 0 saturated heterocycles. The second-order valence-corrected chi connectivity index (χ2v) is 4.46. The summed E-state index contributed by atoms with van der Waals surface area (Å²) >= 11 is 0. The van der Waals surface area contributed by atoms with Crippen molar-refractivity contribution in [3.8, 4) is 0 Å². The quantitative estimate of drug-likeness (QED) is 0.684. The van der Waals surface area contributed by atoms with E-state index in [0.29, 0.717) is 6.04 Å². The van der Waals surface area contributed by atoms with Gasteiger partial charge in [-0.05, 0) is 32.7 Å². The lowest BCUT2D eigenvalue weighted by atomic mass is 9.86. The first-order valence-electron chi connectivity index (χ1n) is 5.76. The van der Waals surface area contributed by atoms with Crippen LogP contribution in [0.2, 0.25) is 0 Å². The number of ether oxygens (including phenoxy) is 1. The third-order valence-electron chi connectivity index (χ3n) is 3.59. The Morgan fingerprint density at radius 2 is 1.93 bits per heavy atom. The molecule has 0 heterocycles. The third-order valence-corrected chi connectivity index (χ3v) is 3.59. The number of methoxy groups -OCH3 is 1. The molecule has 1 N–H and O–H groups in total. The van der Waals surface area contributed by atoms with Crippen molar-refractivity contribution in [3.63, 3.8) is 0 Å². The van der Waals surface area contributed by atoms with Crippen LogP contribution < -0.4 is 5.32 Å². The predicted molar refractivity (Wildman–Crippen MR) is 62.6 cm³/mol. The smallest absolute Gasteiger partial charge is 0.0800 e. The van der Waals surface area contributed by atoms with Crippen LogP contribution in [0, 0.1) is 5.92 Å². The standard InChI is InChI=1S/C12H27NO/c1-7-10(3)9-11(13-5)12(4,8-2)14-6/h10-11,13H,7-9H2,1-6H3. The van der Waals surface area contributed by atoms with Gasteiger partial charge in [-0.3, -0.25) is 0 Å². The van der Waals surface area contributed by atoms with Gasteiger partial charge in [-0.15, -0.1) is 0 Å². The molecule has 0 radical (unpaired) electrons. The molecule has 0 aromatic rings. The lowest BCUT2D eigenvalue weighted by Gasteiger charge is -2.37. The maximum absolute atomic E-state index is 5.62. The Morgan fingerprint density at radius 1 is 1.36 bits per heavy atom. The van der Waals surface area contributed by atoms with E-state index >= 15 is 0 Å².